The van der Waals surface area contributed by atoms with Crippen LogP contribution in [0.4, 0.5) is 0 Å². The van der Waals surface area contributed by atoms with Gasteiger partial charge in [-0.15, -0.1) is 0 Å². The summed E-state index contributed by atoms with van der Waals surface area (Å²) in [4.78, 5) is 0. The zero-order valence-electron chi connectivity index (χ0n) is 10.2. The Bertz CT molecular complexity index is 360. The van der Waals surface area contributed by atoms with E-state index in [-0.39, 0.29) is 6.10 Å². The van der Waals surface area contributed by atoms with Crippen LogP contribution < -0.4 is 5.32 Å². The first-order valence-corrected chi connectivity index (χ1v) is 6.20. The normalized spacial score (nSPS) is 18.2. The van der Waals surface area contributed by atoms with Crippen LogP contribution in [0, 0.1) is 0 Å². The summed E-state index contributed by atoms with van der Waals surface area (Å²) in [6, 6.07) is 7.12. The van der Waals surface area contributed by atoms with E-state index in [9.17, 15) is 5.11 Å². The number of aliphatic hydroxyl groups excluding tert-OH is 1. The van der Waals surface area contributed by atoms with Gasteiger partial charge in [-0.3, -0.25) is 0 Å². The number of aryl methyl sites for hydroxylation is 2. The van der Waals surface area contributed by atoms with Crippen molar-refractivity contribution >= 4 is 0 Å². The Hall–Kier alpha value is -0.860. The summed E-state index contributed by atoms with van der Waals surface area (Å²) >= 11 is 0. The molecule has 88 valence electrons. The minimum Gasteiger partial charge on any atom is -0.392 e. The summed E-state index contributed by atoms with van der Waals surface area (Å²) in [5.74, 6) is 0. The summed E-state index contributed by atoms with van der Waals surface area (Å²) in [6.45, 7) is 4.61. The highest BCUT2D eigenvalue weighted by Crippen LogP contribution is 2.25. The first-order chi connectivity index (χ1) is 7.66. The molecule has 0 bridgehead atoms. The Labute approximate surface area is 97.7 Å². The zero-order valence-corrected chi connectivity index (χ0v) is 10.2. The topological polar surface area (TPSA) is 32.3 Å². The van der Waals surface area contributed by atoms with Gasteiger partial charge in [0.2, 0.25) is 0 Å². The lowest BCUT2D eigenvalue weighted by Crippen LogP contribution is -2.27. The lowest BCUT2D eigenvalue weighted by molar-refractivity contribution is 0.187. The first kappa shape index (κ1) is 11.6. The molecule has 0 saturated heterocycles. The van der Waals surface area contributed by atoms with Crippen LogP contribution in [0.5, 0.6) is 0 Å². The highest BCUT2D eigenvalue weighted by atomic mass is 16.3. The van der Waals surface area contributed by atoms with Gasteiger partial charge < -0.3 is 10.4 Å². The number of fused-ring (bicyclic) bond motifs is 1. The molecule has 1 aromatic rings. The maximum absolute atomic E-state index is 9.24. The van der Waals surface area contributed by atoms with E-state index in [1.165, 1.54) is 36.0 Å². The quantitative estimate of drug-likeness (QED) is 0.813. The van der Waals surface area contributed by atoms with Crippen LogP contribution in [0.3, 0.4) is 0 Å². The van der Waals surface area contributed by atoms with Crippen molar-refractivity contribution in [3.8, 4) is 0 Å². The molecular weight excluding hydrogens is 198 g/mol. The van der Waals surface area contributed by atoms with E-state index in [1.807, 2.05) is 6.92 Å². The molecule has 1 unspecified atom stereocenters. The number of aliphatic hydroxyl groups is 1. The van der Waals surface area contributed by atoms with Gasteiger partial charge in [0.15, 0.2) is 0 Å². The minimum atomic E-state index is -0.281. The highest BCUT2D eigenvalue weighted by molar-refractivity contribution is 5.36. The summed E-state index contributed by atoms with van der Waals surface area (Å²) in [6.07, 6.45) is 3.49. The summed E-state index contributed by atoms with van der Waals surface area (Å²) in [7, 11) is 0. The van der Waals surface area contributed by atoms with E-state index < -0.39 is 0 Å². The molecule has 2 nitrogen and oxygen atoms in total. The molecule has 1 aromatic carbocycles. The van der Waals surface area contributed by atoms with Gasteiger partial charge >= 0.3 is 0 Å². The maximum Gasteiger partial charge on any atom is 0.0636 e. The van der Waals surface area contributed by atoms with Crippen LogP contribution in [-0.4, -0.2) is 17.8 Å². The van der Waals surface area contributed by atoms with Crippen LogP contribution in [0.2, 0.25) is 0 Å². The SMILES string of the molecule is CC(NC[C@H](C)O)c1ccc2c(c1)CCC2. The molecule has 2 atom stereocenters. The monoisotopic (exact) mass is 219 g/mol. The summed E-state index contributed by atoms with van der Waals surface area (Å²) in [5, 5.41) is 12.6. The number of hydrogen-bond donors (Lipinski definition) is 2. The van der Waals surface area contributed by atoms with E-state index in [4.69, 9.17) is 0 Å². The zero-order chi connectivity index (χ0) is 11.5. The second-order valence-electron chi connectivity index (χ2n) is 4.86. The number of hydrogen-bond acceptors (Lipinski definition) is 2. The fourth-order valence-corrected chi connectivity index (χ4v) is 2.33. The molecule has 2 rings (SSSR count). The molecule has 0 spiro atoms. The Morgan fingerprint density at radius 3 is 2.75 bits per heavy atom. The van der Waals surface area contributed by atoms with Crippen molar-refractivity contribution in [1.29, 1.82) is 0 Å². The molecular formula is C14H21NO. The van der Waals surface area contributed by atoms with Crippen molar-refractivity contribution in [2.24, 2.45) is 0 Å². The molecule has 0 amide bonds. The van der Waals surface area contributed by atoms with Gasteiger partial charge in [-0.1, -0.05) is 18.2 Å². The maximum atomic E-state index is 9.24. The van der Waals surface area contributed by atoms with E-state index >= 15 is 0 Å². The van der Waals surface area contributed by atoms with Crippen molar-refractivity contribution in [1.82, 2.24) is 5.32 Å². The number of benzene rings is 1. The van der Waals surface area contributed by atoms with Gasteiger partial charge in [-0.2, -0.15) is 0 Å². The molecule has 0 heterocycles. The third-order valence-corrected chi connectivity index (χ3v) is 3.34. The lowest BCUT2D eigenvalue weighted by atomic mass is 10.0. The average molecular weight is 219 g/mol. The van der Waals surface area contributed by atoms with Crippen LogP contribution in [-0.2, 0) is 12.8 Å². The minimum absolute atomic E-state index is 0.281. The molecule has 0 aromatic heterocycles. The third-order valence-electron chi connectivity index (χ3n) is 3.34. The van der Waals surface area contributed by atoms with Gasteiger partial charge in [0.25, 0.3) is 0 Å². The fourth-order valence-electron chi connectivity index (χ4n) is 2.33. The summed E-state index contributed by atoms with van der Waals surface area (Å²) in [5.41, 5.74) is 4.37. The Morgan fingerprint density at radius 1 is 1.25 bits per heavy atom. The van der Waals surface area contributed by atoms with E-state index in [2.05, 4.69) is 30.4 Å². The largest absolute Gasteiger partial charge is 0.392 e. The summed E-state index contributed by atoms with van der Waals surface area (Å²) < 4.78 is 0. The van der Waals surface area contributed by atoms with E-state index in [0.29, 0.717) is 12.6 Å². The van der Waals surface area contributed by atoms with Crippen molar-refractivity contribution in [2.45, 2.75) is 45.3 Å². The van der Waals surface area contributed by atoms with Crippen LogP contribution in [0.15, 0.2) is 18.2 Å². The van der Waals surface area contributed by atoms with Gasteiger partial charge in [-0.05, 0) is 49.8 Å². The average Bonchev–Trinajstić information content (AvgIpc) is 2.72. The highest BCUT2D eigenvalue weighted by Gasteiger charge is 2.13. The molecule has 1 aliphatic carbocycles. The smallest absolute Gasteiger partial charge is 0.0636 e. The first-order valence-electron chi connectivity index (χ1n) is 6.20. The van der Waals surface area contributed by atoms with Crippen LogP contribution in [0.25, 0.3) is 0 Å². The molecule has 0 aliphatic heterocycles. The Morgan fingerprint density at radius 2 is 2.00 bits per heavy atom. The predicted octanol–water partition coefficient (Wildman–Crippen LogP) is 2.21. The predicted molar refractivity (Wildman–Crippen MR) is 66.6 cm³/mol. The fraction of sp³-hybridized carbons (Fsp3) is 0.571. The molecule has 2 N–H and O–H groups in total. The van der Waals surface area contributed by atoms with Gasteiger partial charge in [0.05, 0.1) is 6.10 Å². The van der Waals surface area contributed by atoms with Crippen LogP contribution in [0.1, 0.15) is 43.0 Å². The Balaban J connectivity index is 2.03. The number of nitrogens with one attached hydrogen (secondary N) is 1. The van der Waals surface area contributed by atoms with E-state index in [1.54, 1.807) is 0 Å². The molecule has 16 heavy (non-hydrogen) atoms. The van der Waals surface area contributed by atoms with Gasteiger partial charge in [0.1, 0.15) is 0 Å². The second kappa shape index (κ2) is 4.98. The molecule has 0 fully saturated rings. The second-order valence-corrected chi connectivity index (χ2v) is 4.86. The lowest BCUT2D eigenvalue weighted by Gasteiger charge is -2.16. The van der Waals surface area contributed by atoms with Gasteiger partial charge in [0, 0.05) is 12.6 Å². The van der Waals surface area contributed by atoms with E-state index in [0.717, 1.165) is 0 Å². The van der Waals surface area contributed by atoms with Crippen molar-refractivity contribution in [3.63, 3.8) is 0 Å². The number of rotatable bonds is 4. The van der Waals surface area contributed by atoms with Crippen molar-refractivity contribution in [3.05, 3.63) is 34.9 Å². The van der Waals surface area contributed by atoms with Crippen LogP contribution >= 0.6 is 0 Å². The van der Waals surface area contributed by atoms with Crippen molar-refractivity contribution in [2.75, 3.05) is 6.54 Å². The van der Waals surface area contributed by atoms with Crippen molar-refractivity contribution < 1.29 is 5.11 Å². The molecule has 2 heteroatoms. The van der Waals surface area contributed by atoms with Gasteiger partial charge in [-0.25, -0.2) is 0 Å². The molecule has 1 aliphatic rings. The third kappa shape index (κ3) is 2.63. The standard InChI is InChI=1S/C14H21NO/c1-10(16)9-15-11(2)13-7-6-12-4-3-5-14(12)8-13/h6-8,10-11,15-16H,3-5,9H2,1-2H3/t10-,11?/m0/s1. The molecule has 0 saturated carbocycles. The molecule has 0 radical (unpaired) electrons. The Kier molecular flexibility index (Phi) is 3.62.